The van der Waals surface area contributed by atoms with E-state index in [0.29, 0.717) is 17.3 Å². The molecule has 5 nitrogen and oxygen atoms in total. The molecule has 2 aromatic heterocycles. The number of carbonyl (C=O) groups excluding carboxylic acids is 1. The van der Waals surface area contributed by atoms with Crippen molar-refractivity contribution < 1.29 is 9.18 Å². The molecule has 1 fully saturated rings. The minimum absolute atomic E-state index is 0.0673. The van der Waals surface area contributed by atoms with Crippen molar-refractivity contribution in [3.8, 4) is 0 Å². The number of nitrogens with one attached hydrogen (secondary N) is 2. The average Bonchev–Trinajstić information content (AvgIpc) is 3.31. The molecule has 9 heteroatoms. The van der Waals surface area contributed by atoms with Crippen LogP contribution in [-0.4, -0.2) is 27.4 Å². The fourth-order valence-corrected chi connectivity index (χ4v) is 5.33. The lowest BCUT2D eigenvalue weighted by molar-refractivity contribution is -0.116. The maximum Gasteiger partial charge on any atom is 0.226 e. The van der Waals surface area contributed by atoms with Crippen LogP contribution in [0.25, 0.3) is 0 Å². The second-order valence-electron chi connectivity index (χ2n) is 6.77. The van der Waals surface area contributed by atoms with Gasteiger partial charge in [-0.2, -0.15) is 0 Å². The number of carbonyl (C=O) groups is 1. The first-order valence-corrected chi connectivity index (χ1v) is 11.3. The summed E-state index contributed by atoms with van der Waals surface area (Å²) >= 11 is 10.8. The summed E-state index contributed by atoms with van der Waals surface area (Å²) in [4.78, 5) is 20.1. The molecule has 0 aliphatic carbocycles. The van der Waals surface area contributed by atoms with E-state index >= 15 is 0 Å². The molecule has 30 heavy (non-hydrogen) atoms. The van der Waals surface area contributed by atoms with Gasteiger partial charge in [0.2, 0.25) is 5.91 Å². The number of hydrogen-bond donors (Lipinski definition) is 2. The van der Waals surface area contributed by atoms with E-state index in [0.717, 1.165) is 14.4 Å². The van der Waals surface area contributed by atoms with Crippen LogP contribution in [0.3, 0.4) is 0 Å². The van der Waals surface area contributed by atoms with Crippen molar-refractivity contribution in [3.63, 3.8) is 0 Å². The molecule has 1 saturated heterocycles. The first-order valence-electron chi connectivity index (χ1n) is 9.30. The Morgan fingerprint density at radius 2 is 2.03 bits per heavy atom. The first-order chi connectivity index (χ1) is 14.5. The number of anilines is 1. The lowest BCUT2D eigenvalue weighted by Crippen LogP contribution is -2.32. The summed E-state index contributed by atoms with van der Waals surface area (Å²) in [6.45, 7) is 0.447. The predicted molar refractivity (Wildman–Crippen MR) is 124 cm³/mol. The van der Waals surface area contributed by atoms with E-state index < -0.39 is 0 Å². The van der Waals surface area contributed by atoms with Gasteiger partial charge in [0.15, 0.2) is 5.11 Å². The van der Waals surface area contributed by atoms with Crippen molar-refractivity contribution in [2.24, 2.45) is 0 Å². The van der Waals surface area contributed by atoms with Crippen molar-refractivity contribution in [2.45, 2.75) is 18.5 Å². The number of pyridine rings is 1. The Balaban J connectivity index is 1.51. The van der Waals surface area contributed by atoms with Crippen LogP contribution in [0.2, 0.25) is 0 Å². The molecule has 2 atom stereocenters. The number of thiophene rings is 1. The molecule has 0 unspecified atom stereocenters. The van der Waals surface area contributed by atoms with Crippen LogP contribution in [0.5, 0.6) is 0 Å². The number of aromatic nitrogens is 1. The molecule has 3 aromatic rings. The summed E-state index contributed by atoms with van der Waals surface area (Å²) < 4.78 is 14.1. The molecule has 154 valence electrons. The van der Waals surface area contributed by atoms with Gasteiger partial charge in [0.25, 0.3) is 0 Å². The second-order valence-corrected chi connectivity index (χ2v) is 9.65. The van der Waals surface area contributed by atoms with Crippen molar-refractivity contribution >= 4 is 56.2 Å². The number of rotatable bonds is 6. The van der Waals surface area contributed by atoms with Gasteiger partial charge in [0, 0.05) is 29.7 Å². The average molecular weight is 505 g/mol. The number of hydrogen-bond acceptors (Lipinski definition) is 4. The van der Waals surface area contributed by atoms with E-state index in [2.05, 4.69) is 37.6 Å². The molecule has 0 spiro atoms. The molecule has 0 bridgehead atoms. The van der Waals surface area contributed by atoms with Gasteiger partial charge in [0.05, 0.1) is 21.6 Å². The van der Waals surface area contributed by atoms with E-state index in [1.54, 1.807) is 29.7 Å². The summed E-state index contributed by atoms with van der Waals surface area (Å²) in [5.41, 5.74) is 1.46. The SMILES string of the molecule is O=C(CCN1C(=S)N[C@@H](c2ccccn2)[C@@H]1c1ccc(Br)s1)Nc1ccc(F)cc1. The highest BCUT2D eigenvalue weighted by Gasteiger charge is 2.40. The Labute approximate surface area is 191 Å². The van der Waals surface area contributed by atoms with Gasteiger partial charge in [-0.25, -0.2) is 4.39 Å². The van der Waals surface area contributed by atoms with Gasteiger partial charge in [-0.15, -0.1) is 11.3 Å². The van der Waals surface area contributed by atoms with E-state index in [-0.39, 0.29) is 30.2 Å². The zero-order valence-electron chi connectivity index (χ0n) is 15.7. The molecule has 0 saturated carbocycles. The van der Waals surface area contributed by atoms with Gasteiger partial charge < -0.3 is 15.5 Å². The number of halogens is 2. The van der Waals surface area contributed by atoms with Gasteiger partial charge in [-0.05, 0) is 76.7 Å². The van der Waals surface area contributed by atoms with Crippen molar-refractivity contribution in [1.82, 2.24) is 15.2 Å². The van der Waals surface area contributed by atoms with Gasteiger partial charge >= 0.3 is 0 Å². The summed E-state index contributed by atoms with van der Waals surface area (Å²) in [5.74, 6) is -0.496. The fraction of sp³-hybridized carbons (Fsp3) is 0.190. The molecule has 1 aromatic carbocycles. The Kier molecular flexibility index (Phi) is 6.40. The molecular formula is C21H18BrFN4OS2. The second kappa shape index (κ2) is 9.20. The highest BCUT2D eigenvalue weighted by atomic mass is 79.9. The monoisotopic (exact) mass is 504 g/mol. The maximum absolute atomic E-state index is 13.1. The molecule has 1 aliphatic heterocycles. The van der Waals surface area contributed by atoms with E-state index in [1.165, 1.54) is 12.1 Å². The van der Waals surface area contributed by atoms with E-state index in [4.69, 9.17) is 12.2 Å². The fourth-order valence-electron chi connectivity index (χ4n) is 3.42. The van der Waals surface area contributed by atoms with Crippen LogP contribution < -0.4 is 10.6 Å². The Hall–Kier alpha value is -2.36. The summed E-state index contributed by atoms with van der Waals surface area (Å²) in [6, 6.07) is 15.4. The lowest BCUT2D eigenvalue weighted by atomic mass is 10.0. The minimum Gasteiger partial charge on any atom is -0.352 e. The van der Waals surface area contributed by atoms with Gasteiger partial charge in [-0.3, -0.25) is 9.78 Å². The third-order valence-corrected chi connectivity index (χ3v) is 6.84. The van der Waals surface area contributed by atoms with E-state index in [1.807, 2.05) is 29.2 Å². The summed E-state index contributed by atoms with van der Waals surface area (Å²) in [5, 5.41) is 6.76. The lowest BCUT2D eigenvalue weighted by Gasteiger charge is -2.26. The molecule has 3 heterocycles. The number of benzene rings is 1. The molecule has 1 amide bonds. The van der Waals surface area contributed by atoms with Crippen LogP contribution in [0, 0.1) is 5.82 Å². The topological polar surface area (TPSA) is 57.3 Å². The van der Waals surface area contributed by atoms with Crippen molar-refractivity contribution in [2.75, 3.05) is 11.9 Å². The van der Waals surface area contributed by atoms with Crippen LogP contribution in [-0.2, 0) is 4.79 Å². The first kappa shape index (κ1) is 20.9. The number of nitrogens with zero attached hydrogens (tertiary/aromatic N) is 2. The largest absolute Gasteiger partial charge is 0.352 e. The molecule has 2 N–H and O–H groups in total. The van der Waals surface area contributed by atoms with Crippen molar-refractivity contribution in [1.29, 1.82) is 0 Å². The number of amides is 1. The molecule has 0 radical (unpaired) electrons. The van der Waals surface area contributed by atoms with Crippen molar-refractivity contribution in [3.05, 3.63) is 81.0 Å². The summed E-state index contributed by atoms with van der Waals surface area (Å²) in [7, 11) is 0. The van der Waals surface area contributed by atoms with Crippen LogP contribution in [0.15, 0.2) is 64.6 Å². The molecular weight excluding hydrogens is 487 g/mol. The summed E-state index contributed by atoms with van der Waals surface area (Å²) in [6.07, 6.45) is 2.01. The smallest absolute Gasteiger partial charge is 0.226 e. The Morgan fingerprint density at radius 1 is 1.23 bits per heavy atom. The van der Waals surface area contributed by atoms with Crippen LogP contribution >= 0.6 is 39.5 Å². The zero-order valence-corrected chi connectivity index (χ0v) is 18.9. The highest BCUT2D eigenvalue weighted by Crippen LogP contribution is 2.42. The van der Waals surface area contributed by atoms with Gasteiger partial charge in [0.1, 0.15) is 5.82 Å². The van der Waals surface area contributed by atoms with Crippen LogP contribution in [0.4, 0.5) is 10.1 Å². The highest BCUT2D eigenvalue weighted by molar-refractivity contribution is 9.11. The van der Waals surface area contributed by atoms with Crippen LogP contribution in [0.1, 0.15) is 29.1 Å². The van der Waals surface area contributed by atoms with Gasteiger partial charge in [-0.1, -0.05) is 6.07 Å². The van der Waals surface area contributed by atoms with E-state index in [9.17, 15) is 9.18 Å². The predicted octanol–water partition coefficient (Wildman–Crippen LogP) is 5.05. The number of thiocarbonyl (C=S) groups is 1. The molecule has 4 rings (SSSR count). The molecule has 1 aliphatic rings. The maximum atomic E-state index is 13.1. The minimum atomic E-state index is -0.341. The standard InChI is InChI=1S/C21H18BrFN4OS2/c22-17-9-8-16(30-17)20-19(15-3-1-2-11-24-15)26-21(29)27(20)12-10-18(28)25-14-6-4-13(23)5-7-14/h1-9,11,19-20H,10,12H2,(H,25,28)(H,26,29)/t19-,20-/m0/s1. The quantitative estimate of drug-likeness (QED) is 0.460. The Morgan fingerprint density at radius 3 is 2.70 bits per heavy atom. The third kappa shape index (κ3) is 4.69. The zero-order chi connectivity index (χ0) is 21.1. The Bertz CT molecular complexity index is 1040. The normalized spacial score (nSPS) is 18.3. The third-order valence-electron chi connectivity index (χ3n) is 4.79.